The molecule has 3 amide bonds. The summed E-state index contributed by atoms with van der Waals surface area (Å²) in [6.45, 7) is 4.56. The molecule has 0 aliphatic carbocycles. The summed E-state index contributed by atoms with van der Waals surface area (Å²) in [5, 5.41) is 9.19. The van der Waals surface area contributed by atoms with Gasteiger partial charge in [-0.15, -0.1) is 5.10 Å². The monoisotopic (exact) mass is 395 g/mol. The Labute approximate surface area is 162 Å². The van der Waals surface area contributed by atoms with Crippen molar-refractivity contribution in [1.82, 2.24) is 25.1 Å². The van der Waals surface area contributed by atoms with Gasteiger partial charge in [0.2, 0.25) is 0 Å². The number of likely N-dealkylation sites (tertiary alicyclic amines) is 1. The molecule has 10 heteroatoms. The molecule has 148 valence electrons. The van der Waals surface area contributed by atoms with E-state index in [1.54, 1.807) is 11.8 Å². The molecule has 2 fully saturated rings. The molecule has 3 rings (SSSR count). The van der Waals surface area contributed by atoms with Gasteiger partial charge in [0.1, 0.15) is 4.88 Å². The lowest BCUT2D eigenvalue weighted by Crippen LogP contribution is -2.46. The van der Waals surface area contributed by atoms with Crippen molar-refractivity contribution in [3.8, 4) is 0 Å². The molecule has 1 aromatic heterocycles. The predicted octanol–water partition coefficient (Wildman–Crippen LogP) is 0.110. The maximum absolute atomic E-state index is 12.4. The highest BCUT2D eigenvalue weighted by Crippen LogP contribution is 2.20. The number of aryl methyl sites for hydroxylation is 1. The van der Waals surface area contributed by atoms with Crippen LogP contribution in [0.2, 0.25) is 0 Å². The molecule has 1 aromatic rings. The van der Waals surface area contributed by atoms with Crippen LogP contribution in [0, 0.1) is 12.8 Å². The molecule has 0 aromatic carbocycles. The number of ether oxygens (including phenoxy) is 1. The van der Waals surface area contributed by atoms with Gasteiger partial charge in [0.25, 0.3) is 5.91 Å². The average Bonchev–Trinajstić information content (AvgIpc) is 3.35. The topological polar surface area (TPSA) is 114 Å². The Kier molecular flexibility index (Phi) is 6.73. The van der Waals surface area contributed by atoms with Crippen molar-refractivity contribution in [2.24, 2.45) is 5.92 Å². The zero-order chi connectivity index (χ0) is 19.2. The number of nitrogens with one attached hydrogen (secondary N) is 2. The highest BCUT2D eigenvalue weighted by molar-refractivity contribution is 7.07. The summed E-state index contributed by atoms with van der Waals surface area (Å²) in [7, 11) is 0. The zero-order valence-corrected chi connectivity index (χ0v) is 16.2. The first-order chi connectivity index (χ1) is 13.0. The highest BCUT2D eigenvalue weighted by Gasteiger charge is 2.27. The summed E-state index contributed by atoms with van der Waals surface area (Å²) >= 11 is 1.12. The van der Waals surface area contributed by atoms with Crippen LogP contribution in [0.3, 0.4) is 0 Å². The lowest BCUT2D eigenvalue weighted by atomic mass is 9.96. The zero-order valence-electron chi connectivity index (χ0n) is 15.4. The predicted molar refractivity (Wildman–Crippen MR) is 98.3 cm³/mol. The fourth-order valence-electron chi connectivity index (χ4n) is 3.32. The maximum atomic E-state index is 12.4. The molecule has 2 saturated heterocycles. The third-order valence-electron chi connectivity index (χ3n) is 5.02. The molecule has 0 bridgehead atoms. The minimum Gasteiger partial charge on any atom is -0.376 e. The van der Waals surface area contributed by atoms with Crippen molar-refractivity contribution < 1.29 is 19.1 Å². The van der Waals surface area contributed by atoms with Gasteiger partial charge in [0.05, 0.1) is 11.8 Å². The van der Waals surface area contributed by atoms with E-state index in [9.17, 15) is 14.4 Å². The van der Waals surface area contributed by atoms with Crippen molar-refractivity contribution in [3.05, 3.63) is 10.6 Å². The van der Waals surface area contributed by atoms with E-state index < -0.39 is 11.8 Å². The largest absolute Gasteiger partial charge is 0.376 e. The van der Waals surface area contributed by atoms with Crippen molar-refractivity contribution in [2.75, 3.05) is 32.8 Å². The number of carbonyl (C=O) groups excluding carboxylic acids is 3. The van der Waals surface area contributed by atoms with Gasteiger partial charge in [-0.3, -0.25) is 14.4 Å². The molecule has 2 N–H and O–H groups in total. The number of aromatic nitrogens is 2. The van der Waals surface area contributed by atoms with E-state index in [1.165, 1.54) is 0 Å². The van der Waals surface area contributed by atoms with Crippen LogP contribution in [-0.4, -0.2) is 71.1 Å². The summed E-state index contributed by atoms with van der Waals surface area (Å²) in [5.41, 5.74) is 0.661. The number of amides is 3. The first-order valence-electron chi connectivity index (χ1n) is 9.30. The molecule has 2 aliphatic heterocycles. The third-order valence-corrected chi connectivity index (χ3v) is 5.84. The minimum absolute atomic E-state index is 0.0148. The van der Waals surface area contributed by atoms with E-state index in [0.717, 1.165) is 37.2 Å². The molecule has 0 saturated carbocycles. The summed E-state index contributed by atoms with van der Waals surface area (Å²) in [6.07, 6.45) is 3.49. The van der Waals surface area contributed by atoms with Crippen molar-refractivity contribution in [1.29, 1.82) is 0 Å². The van der Waals surface area contributed by atoms with Crippen LogP contribution in [0.25, 0.3) is 0 Å². The number of piperidine rings is 1. The fraction of sp³-hybridized carbons (Fsp3) is 0.706. The normalized spacial score (nSPS) is 20.5. The summed E-state index contributed by atoms with van der Waals surface area (Å²) in [4.78, 5) is 38.6. The Bertz CT molecular complexity index is 681. The SMILES string of the molecule is Cc1nnsc1C(=O)N1CCC(CNC(=O)C(=O)NC[C@H]2CCCO2)CC1. The molecule has 2 aliphatic rings. The number of hydrogen-bond donors (Lipinski definition) is 2. The summed E-state index contributed by atoms with van der Waals surface area (Å²) in [5.74, 6) is -1.01. The van der Waals surface area contributed by atoms with Gasteiger partial charge in [0.15, 0.2) is 0 Å². The van der Waals surface area contributed by atoms with Crippen molar-refractivity contribution >= 4 is 29.3 Å². The van der Waals surface area contributed by atoms with Crippen molar-refractivity contribution in [2.45, 2.75) is 38.7 Å². The van der Waals surface area contributed by atoms with Crippen LogP contribution in [0.15, 0.2) is 0 Å². The average molecular weight is 395 g/mol. The van der Waals surface area contributed by atoms with E-state index in [1.807, 2.05) is 0 Å². The molecule has 3 heterocycles. The van der Waals surface area contributed by atoms with Gasteiger partial charge < -0.3 is 20.3 Å². The van der Waals surface area contributed by atoms with Crippen LogP contribution >= 0.6 is 11.5 Å². The minimum atomic E-state index is -0.619. The number of hydrogen-bond acceptors (Lipinski definition) is 7. The maximum Gasteiger partial charge on any atom is 0.309 e. The second kappa shape index (κ2) is 9.23. The van der Waals surface area contributed by atoms with Crippen LogP contribution < -0.4 is 10.6 Å². The molecular formula is C17H25N5O4S. The highest BCUT2D eigenvalue weighted by atomic mass is 32.1. The van der Waals surface area contributed by atoms with Crippen LogP contribution in [0.1, 0.15) is 41.0 Å². The number of carbonyl (C=O) groups is 3. The van der Waals surface area contributed by atoms with Gasteiger partial charge in [-0.25, -0.2) is 0 Å². The quantitative estimate of drug-likeness (QED) is 0.684. The second-order valence-electron chi connectivity index (χ2n) is 6.98. The Hall–Kier alpha value is -2.07. The standard InChI is InChI=1S/C17H25N5O4S/c1-11-14(27-21-20-11)17(25)22-6-4-12(5-7-22)9-18-15(23)16(24)19-10-13-3-2-8-26-13/h12-13H,2-10H2,1H3,(H,18,23)(H,19,24)/t13-/m1/s1. The van der Waals surface area contributed by atoms with Crippen molar-refractivity contribution in [3.63, 3.8) is 0 Å². The lowest BCUT2D eigenvalue weighted by Gasteiger charge is -2.31. The van der Waals surface area contributed by atoms with E-state index >= 15 is 0 Å². The van der Waals surface area contributed by atoms with E-state index in [-0.39, 0.29) is 17.9 Å². The van der Waals surface area contributed by atoms with Gasteiger partial charge in [-0.2, -0.15) is 0 Å². The number of rotatable bonds is 5. The van der Waals surface area contributed by atoms with Gasteiger partial charge >= 0.3 is 11.8 Å². The molecule has 0 spiro atoms. The van der Waals surface area contributed by atoms with E-state index in [2.05, 4.69) is 20.2 Å². The summed E-state index contributed by atoms with van der Waals surface area (Å²) < 4.78 is 9.23. The Balaban J connectivity index is 1.35. The van der Waals surface area contributed by atoms with Crippen LogP contribution in [0.4, 0.5) is 0 Å². The Morgan fingerprint density at radius 2 is 1.85 bits per heavy atom. The molecule has 0 unspecified atom stereocenters. The Morgan fingerprint density at radius 3 is 2.44 bits per heavy atom. The number of nitrogens with zero attached hydrogens (tertiary/aromatic N) is 3. The first-order valence-corrected chi connectivity index (χ1v) is 10.1. The van der Waals surface area contributed by atoms with Crippen LogP contribution in [-0.2, 0) is 14.3 Å². The summed E-state index contributed by atoms with van der Waals surface area (Å²) in [6, 6.07) is 0. The third kappa shape index (κ3) is 5.23. The Morgan fingerprint density at radius 1 is 1.15 bits per heavy atom. The molecule has 27 heavy (non-hydrogen) atoms. The smallest absolute Gasteiger partial charge is 0.309 e. The van der Waals surface area contributed by atoms with E-state index in [4.69, 9.17) is 4.74 Å². The van der Waals surface area contributed by atoms with Gasteiger partial charge in [-0.1, -0.05) is 4.49 Å². The molecular weight excluding hydrogens is 370 g/mol. The van der Waals surface area contributed by atoms with Gasteiger partial charge in [-0.05, 0) is 50.1 Å². The fourth-order valence-corrected chi connectivity index (χ4v) is 3.95. The molecule has 1 atom stereocenters. The molecule has 0 radical (unpaired) electrons. The lowest BCUT2D eigenvalue weighted by molar-refractivity contribution is -0.139. The van der Waals surface area contributed by atoms with Gasteiger partial charge in [0, 0.05) is 32.8 Å². The second-order valence-corrected chi connectivity index (χ2v) is 7.73. The first kappa shape index (κ1) is 19.7. The molecule has 9 nitrogen and oxygen atoms in total. The van der Waals surface area contributed by atoms with E-state index in [0.29, 0.717) is 43.4 Å². The van der Waals surface area contributed by atoms with Crippen LogP contribution in [0.5, 0.6) is 0 Å².